The predicted octanol–water partition coefficient (Wildman–Crippen LogP) is 1.69. The van der Waals surface area contributed by atoms with Gasteiger partial charge in [-0.05, 0) is 15.9 Å². The van der Waals surface area contributed by atoms with E-state index >= 15 is 0 Å². The Morgan fingerprint density at radius 1 is 1.58 bits per heavy atom. The quantitative estimate of drug-likeness (QED) is 0.835. The molecule has 0 aliphatic rings. The number of aliphatic hydroxyl groups is 2. The van der Waals surface area contributed by atoms with Crippen LogP contribution in [-0.4, -0.2) is 26.6 Å². The molecule has 3 nitrogen and oxygen atoms in total. The molecule has 6 heteroatoms. The maximum atomic E-state index is 9.45. The summed E-state index contributed by atoms with van der Waals surface area (Å²) in [6, 6.07) is 0. The third-order valence-corrected chi connectivity index (χ3v) is 3.37. The summed E-state index contributed by atoms with van der Waals surface area (Å²) in [7, 11) is 0. The molecule has 0 saturated carbocycles. The first-order chi connectivity index (χ1) is 5.65. The van der Waals surface area contributed by atoms with Crippen molar-refractivity contribution in [3.8, 4) is 0 Å². The number of halogens is 2. The van der Waals surface area contributed by atoms with Crippen molar-refractivity contribution >= 4 is 43.2 Å². The van der Waals surface area contributed by atoms with E-state index in [0.29, 0.717) is 14.9 Å². The standard InChI is InChI=1S/C6H7Br2NO2S/c7-1-4(10)5(11)3-2-12-6(8)9-3/h2,4-5,10-11H,1H2. The number of aromatic nitrogens is 1. The number of alkyl halides is 1. The van der Waals surface area contributed by atoms with Gasteiger partial charge >= 0.3 is 0 Å². The summed E-state index contributed by atoms with van der Waals surface area (Å²) in [5.74, 6) is 0. The fraction of sp³-hybridized carbons (Fsp3) is 0.500. The maximum absolute atomic E-state index is 9.45. The lowest BCUT2D eigenvalue weighted by Gasteiger charge is -2.12. The van der Waals surface area contributed by atoms with Crippen LogP contribution in [0.25, 0.3) is 0 Å². The second-order valence-electron chi connectivity index (χ2n) is 2.19. The average molecular weight is 317 g/mol. The first-order valence-electron chi connectivity index (χ1n) is 3.18. The lowest BCUT2D eigenvalue weighted by Crippen LogP contribution is -2.19. The van der Waals surface area contributed by atoms with Crippen molar-refractivity contribution in [3.05, 3.63) is 15.0 Å². The summed E-state index contributed by atoms with van der Waals surface area (Å²) < 4.78 is 0.707. The van der Waals surface area contributed by atoms with E-state index in [0.717, 1.165) is 0 Å². The summed E-state index contributed by atoms with van der Waals surface area (Å²) >= 11 is 7.63. The zero-order valence-corrected chi connectivity index (χ0v) is 9.93. The van der Waals surface area contributed by atoms with E-state index in [9.17, 15) is 10.2 Å². The van der Waals surface area contributed by atoms with E-state index in [-0.39, 0.29) is 0 Å². The molecule has 12 heavy (non-hydrogen) atoms. The summed E-state index contributed by atoms with van der Waals surface area (Å²) in [5.41, 5.74) is 0.499. The van der Waals surface area contributed by atoms with Crippen molar-refractivity contribution in [1.82, 2.24) is 4.98 Å². The second-order valence-corrected chi connectivity index (χ2v) is 4.97. The molecule has 0 spiro atoms. The minimum absolute atomic E-state index is 0.337. The highest BCUT2D eigenvalue weighted by molar-refractivity contribution is 9.11. The third kappa shape index (κ3) is 2.50. The molecule has 0 bridgehead atoms. The van der Waals surface area contributed by atoms with Gasteiger partial charge in [0.05, 0.1) is 11.8 Å². The molecule has 2 N–H and O–H groups in total. The minimum Gasteiger partial charge on any atom is -0.389 e. The van der Waals surface area contributed by atoms with Crippen LogP contribution in [0.3, 0.4) is 0 Å². The zero-order chi connectivity index (χ0) is 9.14. The SMILES string of the molecule is OC(CBr)C(O)c1csc(Br)n1. The fourth-order valence-corrected chi connectivity index (χ4v) is 2.09. The van der Waals surface area contributed by atoms with Crippen molar-refractivity contribution in [2.24, 2.45) is 0 Å². The number of hydrogen-bond acceptors (Lipinski definition) is 4. The Labute approximate surface area is 90.7 Å². The molecular formula is C6H7Br2NO2S. The van der Waals surface area contributed by atoms with Gasteiger partial charge < -0.3 is 10.2 Å². The van der Waals surface area contributed by atoms with Gasteiger partial charge in [-0.1, -0.05) is 15.9 Å². The summed E-state index contributed by atoms with van der Waals surface area (Å²) in [5, 5.41) is 20.7. The monoisotopic (exact) mass is 315 g/mol. The molecule has 0 aromatic carbocycles. The molecule has 2 atom stereocenters. The molecule has 1 aromatic heterocycles. The van der Waals surface area contributed by atoms with Crippen molar-refractivity contribution in [3.63, 3.8) is 0 Å². The molecule has 1 aromatic rings. The van der Waals surface area contributed by atoms with Gasteiger partial charge in [0.25, 0.3) is 0 Å². The van der Waals surface area contributed by atoms with Crippen LogP contribution >= 0.6 is 43.2 Å². The van der Waals surface area contributed by atoms with Crippen LogP contribution in [0.2, 0.25) is 0 Å². The van der Waals surface area contributed by atoms with Gasteiger partial charge in [0, 0.05) is 10.7 Å². The Balaban J connectivity index is 2.70. The van der Waals surface area contributed by atoms with Crippen molar-refractivity contribution in [2.75, 3.05) is 5.33 Å². The molecule has 1 heterocycles. The Morgan fingerprint density at radius 3 is 2.67 bits per heavy atom. The topological polar surface area (TPSA) is 53.4 Å². The smallest absolute Gasteiger partial charge is 0.159 e. The molecule has 0 amide bonds. The van der Waals surface area contributed by atoms with Gasteiger partial charge in [-0.2, -0.15) is 0 Å². The van der Waals surface area contributed by atoms with Gasteiger partial charge in [0.15, 0.2) is 3.92 Å². The van der Waals surface area contributed by atoms with Crippen LogP contribution < -0.4 is 0 Å². The zero-order valence-electron chi connectivity index (χ0n) is 5.94. The first kappa shape index (κ1) is 10.6. The molecule has 0 saturated heterocycles. The van der Waals surface area contributed by atoms with Crippen molar-refractivity contribution < 1.29 is 10.2 Å². The normalized spacial score (nSPS) is 16.0. The van der Waals surface area contributed by atoms with Crippen molar-refractivity contribution in [2.45, 2.75) is 12.2 Å². The van der Waals surface area contributed by atoms with Crippen LogP contribution in [0.4, 0.5) is 0 Å². The molecule has 0 fully saturated rings. The summed E-state index contributed by atoms with van der Waals surface area (Å²) in [6.45, 7) is 0. The lowest BCUT2D eigenvalue weighted by molar-refractivity contribution is 0.0318. The molecule has 0 aliphatic heterocycles. The molecule has 0 radical (unpaired) electrons. The van der Waals surface area contributed by atoms with E-state index in [1.165, 1.54) is 11.3 Å². The van der Waals surface area contributed by atoms with Gasteiger partial charge in [-0.25, -0.2) is 4.98 Å². The van der Waals surface area contributed by atoms with Crippen LogP contribution in [0.15, 0.2) is 9.30 Å². The largest absolute Gasteiger partial charge is 0.389 e. The second kappa shape index (κ2) is 4.66. The average Bonchev–Trinajstić information content (AvgIpc) is 2.49. The lowest BCUT2D eigenvalue weighted by atomic mass is 10.2. The Bertz CT molecular complexity index is 255. The number of hydrogen-bond donors (Lipinski definition) is 2. The van der Waals surface area contributed by atoms with Crippen LogP contribution in [0.5, 0.6) is 0 Å². The van der Waals surface area contributed by atoms with Gasteiger partial charge in [-0.15, -0.1) is 11.3 Å². The Kier molecular flexibility index (Phi) is 4.12. The van der Waals surface area contributed by atoms with E-state index < -0.39 is 12.2 Å². The predicted molar refractivity (Wildman–Crippen MR) is 54.6 cm³/mol. The Morgan fingerprint density at radius 2 is 2.25 bits per heavy atom. The molecule has 68 valence electrons. The van der Waals surface area contributed by atoms with Crippen molar-refractivity contribution in [1.29, 1.82) is 0 Å². The van der Waals surface area contributed by atoms with Gasteiger partial charge in [-0.3, -0.25) is 0 Å². The van der Waals surface area contributed by atoms with Crippen LogP contribution in [-0.2, 0) is 0 Å². The van der Waals surface area contributed by atoms with E-state index in [4.69, 9.17) is 0 Å². The fourth-order valence-electron chi connectivity index (χ4n) is 0.681. The number of aliphatic hydroxyl groups excluding tert-OH is 2. The minimum atomic E-state index is -0.910. The highest BCUT2D eigenvalue weighted by atomic mass is 79.9. The number of rotatable bonds is 3. The maximum Gasteiger partial charge on any atom is 0.159 e. The Hall–Kier alpha value is 0.510. The van der Waals surface area contributed by atoms with Crippen LogP contribution in [0.1, 0.15) is 11.8 Å². The van der Waals surface area contributed by atoms with E-state index in [2.05, 4.69) is 36.8 Å². The van der Waals surface area contributed by atoms with Gasteiger partial charge in [0.1, 0.15) is 6.10 Å². The van der Waals surface area contributed by atoms with E-state index in [1.54, 1.807) is 5.38 Å². The number of thiazole rings is 1. The summed E-state index contributed by atoms with van der Waals surface area (Å²) in [6.07, 6.45) is -1.72. The molecule has 0 aliphatic carbocycles. The highest BCUT2D eigenvalue weighted by Gasteiger charge is 2.19. The summed E-state index contributed by atoms with van der Waals surface area (Å²) in [4.78, 5) is 3.98. The molecular weight excluding hydrogens is 310 g/mol. The molecule has 2 unspecified atom stereocenters. The highest BCUT2D eigenvalue weighted by Crippen LogP contribution is 2.23. The van der Waals surface area contributed by atoms with Crippen LogP contribution in [0, 0.1) is 0 Å². The third-order valence-electron chi connectivity index (χ3n) is 1.32. The first-order valence-corrected chi connectivity index (χ1v) is 5.97. The van der Waals surface area contributed by atoms with Gasteiger partial charge in [0.2, 0.25) is 0 Å². The molecule has 1 rings (SSSR count). The van der Waals surface area contributed by atoms with E-state index in [1.807, 2.05) is 0 Å². The number of nitrogens with zero attached hydrogens (tertiary/aromatic N) is 1.